The Hall–Kier alpha value is -4.13. The summed E-state index contributed by atoms with van der Waals surface area (Å²) in [5, 5.41) is 7.84. The van der Waals surface area contributed by atoms with Gasteiger partial charge in [0.05, 0.1) is 11.9 Å². The van der Waals surface area contributed by atoms with Crippen LogP contribution < -0.4 is 16.2 Å². The number of hydrazine groups is 1. The zero-order valence-electron chi connectivity index (χ0n) is 17.2. The van der Waals surface area contributed by atoms with Crippen LogP contribution in [-0.2, 0) is 4.79 Å². The molecule has 0 spiro atoms. The molecular weight excluding hydrogens is 392 g/mol. The molecule has 0 unspecified atom stereocenters. The average Bonchev–Trinajstić information content (AvgIpc) is 3.20. The van der Waals surface area contributed by atoms with Crippen molar-refractivity contribution in [1.82, 2.24) is 16.0 Å². The van der Waals surface area contributed by atoms with Crippen LogP contribution in [0.5, 0.6) is 0 Å². The summed E-state index contributed by atoms with van der Waals surface area (Å²) in [4.78, 5) is 24.7. The summed E-state index contributed by atoms with van der Waals surface area (Å²) in [5.74, 6) is -0.196. The zero-order chi connectivity index (χ0) is 21.8. The Morgan fingerprint density at radius 1 is 0.935 bits per heavy atom. The second-order valence-corrected chi connectivity index (χ2v) is 7.28. The Morgan fingerprint density at radius 3 is 2.52 bits per heavy atom. The molecule has 1 aromatic heterocycles. The van der Waals surface area contributed by atoms with E-state index in [0.29, 0.717) is 16.8 Å². The van der Waals surface area contributed by atoms with E-state index in [-0.39, 0.29) is 12.5 Å². The van der Waals surface area contributed by atoms with Gasteiger partial charge >= 0.3 is 0 Å². The Kier molecular flexibility index (Phi) is 5.66. The van der Waals surface area contributed by atoms with Crippen LogP contribution in [0.1, 0.15) is 21.5 Å². The first kappa shape index (κ1) is 20.2. The van der Waals surface area contributed by atoms with Gasteiger partial charge in [0.2, 0.25) is 0 Å². The number of amides is 2. The fraction of sp³-hybridized carbons (Fsp3) is 0.125. The lowest BCUT2D eigenvalue weighted by Gasteiger charge is -2.11. The van der Waals surface area contributed by atoms with Gasteiger partial charge in [0.1, 0.15) is 5.52 Å². The predicted octanol–water partition coefficient (Wildman–Crippen LogP) is 3.98. The molecule has 0 saturated heterocycles. The summed E-state index contributed by atoms with van der Waals surface area (Å²) < 4.78 is 5.47. The Bertz CT molecular complexity index is 1250. The molecule has 0 aliphatic carbocycles. The predicted molar refractivity (Wildman–Crippen MR) is 119 cm³/mol. The minimum Gasteiger partial charge on any atom is -0.376 e. The van der Waals surface area contributed by atoms with Crippen LogP contribution >= 0.6 is 0 Å². The highest BCUT2D eigenvalue weighted by Gasteiger charge is 2.14. The lowest BCUT2D eigenvalue weighted by Crippen LogP contribution is -2.44. The second kappa shape index (κ2) is 8.71. The van der Waals surface area contributed by atoms with Gasteiger partial charge in [-0.05, 0) is 43.7 Å². The Labute approximate surface area is 179 Å². The third-order valence-electron chi connectivity index (χ3n) is 4.91. The quantitative estimate of drug-likeness (QED) is 0.429. The minimum absolute atomic E-state index is 0.0347. The van der Waals surface area contributed by atoms with E-state index in [2.05, 4.69) is 21.3 Å². The minimum atomic E-state index is -0.429. The third kappa shape index (κ3) is 4.56. The van der Waals surface area contributed by atoms with Crippen molar-refractivity contribution >= 4 is 28.4 Å². The molecule has 1 heterocycles. The van der Waals surface area contributed by atoms with Gasteiger partial charge in [-0.3, -0.25) is 20.4 Å². The molecule has 0 bridgehead atoms. The normalized spacial score (nSPS) is 10.6. The summed E-state index contributed by atoms with van der Waals surface area (Å²) in [5.41, 5.74) is 9.85. The van der Waals surface area contributed by atoms with Crippen LogP contribution in [0.2, 0.25) is 0 Å². The summed E-state index contributed by atoms with van der Waals surface area (Å²) in [7, 11) is 0. The smallest absolute Gasteiger partial charge is 0.269 e. The van der Waals surface area contributed by atoms with Gasteiger partial charge < -0.3 is 9.84 Å². The fourth-order valence-electron chi connectivity index (χ4n) is 3.31. The maximum absolute atomic E-state index is 12.5. The number of aromatic nitrogens is 1. The second-order valence-electron chi connectivity index (χ2n) is 7.28. The molecule has 4 rings (SSSR count). The lowest BCUT2D eigenvalue weighted by molar-refractivity contribution is -0.120. The first-order chi connectivity index (χ1) is 15.0. The molecule has 31 heavy (non-hydrogen) atoms. The summed E-state index contributed by atoms with van der Waals surface area (Å²) in [6.07, 6.45) is 0. The van der Waals surface area contributed by atoms with Crippen LogP contribution in [0.4, 0.5) is 5.69 Å². The molecule has 7 heteroatoms. The largest absolute Gasteiger partial charge is 0.376 e. The van der Waals surface area contributed by atoms with E-state index in [0.717, 1.165) is 27.8 Å². The topological polar surface area (TPSA) is 96.3 Å². The number of carbonyl (C=O) groups is 2. The molecule has 2 amide bonds. The summed E-state index contributed by atoms with van der Waals surface area (Å²) in [6, 6.07) is 20.5. The number of hydrogen-bond acceptors (Lipinski definition) is 5. The molecular formula is C24H22N4O3. The monoisotopic (exact) mass is 414 g/mol. The molecule has 0 saturated carbocycles. The van der Waals surface area contributed by atoms with E-state index < -0.39 is 5.91 Å². The molecule has 156 valence electrons. The number of hydrogen-bond donors (Lipinski definition) is 3. The van der Waals surface area contributed by atoms with E-state index >= 15 is 0 Å². The number of aryl methyl sites for hydroxylation is 2. The van der Waals surface area contributed by atoms with Crippen LogP contribution in [0.25, 0.3) is 22.2 Å². The Balaban J connectivity index is 1.39. The molecule has 0 fully saturated rings. The van der Waals surface area contributed by atoms with Gasteiger partial charge in [0, 0.05) is 16.8 Å². The first-order valence-electron chi connectivity index (χ1n) is 9.86. The van der Waals surface area contributed by atoms with Crippen molar-refractivity contribution in [1.29, 1.82) is 0 Å². The third-order valence-corrected chi connectivity index (χ3v) is 4.91. The highest BCUT2D eigenvalue weighted by molar-refractivity contribution is 6.01. The van der Waals surface area contributed by atoms with Crippen molar-refractivity contribution in [3.05, 3.63) is 83.4 Å². The fourth-order valence-corrected chi connectivity index (χ4v) is 3.31. The molecule has 0 aliphatic rings. The van der Waals surface area contributed by atoms with Crippen LogP contribution in [0, 0.1) is 13.8 Å². The van der Waals surface area contributed by atoms with Gasteiger partial charge in [-0.25, -0.2) is 0 Å². The highest BCUT2D eigenvalue weighted by Crippen LogP contribution is 2.29. The van der Waals surface area contributed by atoms with Crippen LogP contribution in [-0.4, -0.2) is 23.5 Å². The number of rotatable bonds is 5. The van der Waals surface area contributed by atoms with Crippen molar-refractivity contribution < 1.29 is 14.1 Å². The van der Waals surface area contributed by atoms with E-state index in [1.165, 1.54) is 0 Å². The Morgan fingerprint density at radius 2 is 1.74 bits per heavy atom. The molecule has 0 atom stereocenters. The van der Waals surface area contributed by atoms with E-state index in [9.17, 15) is 9.59 Å². The van der Waals surface area contributed by atoms with Crippen molar-refractivity contribution in [3.8, 4) is 11.3 Å². The van der Waals surface area contributed by atoms with Crippen LogP contribution in [0.3, 0.4) is 0 Å². The van der Waals surface area contributed by atoms with Crippen molar-refractivity contribution in [3.63, 3.8) is 0 Å². The maximum Gasteiger partial charge on any atom is 0.269 e. The number of carbonyl (C=O) groups excluding carboxylic acids is 2. The summed E-state index contributed by atoms with van der Waals surface area (Å²) >= 11 is 0. The number of fused-ring (bicyclic) bond motifs is 1. The standard InChI is InChI=1S/C24H22N4O3/c1-15-8-10-20(16(2)12-15)25-14-22(29)26-27-24(30)18-9-11-21-19(13-18)23(31-28-21)17-6-4-3-5-7-17/h3-13,25H,14H2,1-2H3,(H,26,29)(H,27,30). The van der Waals surface area contributed by atoms with Gasteiger partial charge in [-0.1, -0.05) is 53.2 Å². The van der Waals surface area contributed by atoms with E-state index in [1.807, 2.05) is 62.4 Å². The van der Waals surface area contributed by atoms with Crippen molar-refractivity contribution in [2.24, 2.45) is 0 Å². The SMILES string of the molecule is Cc1ccc(NCC(=O)NNC(=O)c2ccc3noc(-c4ccccc4)c3c2)c(C)c1. The number of nitrogens with zero attached hydrogens (tertiary/aromatic N) is 1. The van der Waals surface area contributed by atoms with Crippen molar-refractivity contribution in [2.45, 2.75) is 13.8 Å². The molecule has 0 radical (unpaired) electrons. The zero-order valence-corrected chi connectivity index (χ0v) is 17.2. The number of benzene rings is 3. The lowest BCUT2D eigenvalue weighted by atomic mass is 10.1. The molecule has 0 aliphatic heterocycles. The van der Waals surface area contributed by atoms with E-state index in [1.54, 1.807) is 18.2 Å². The number of nitrogens with one attached hydrogen (secondary N) is 3. The molecule has 7 nitrogen and oxygen atoms in total. The van der Waals surface area contributed by atoms with Crippen LogP contribution in [0.15, 0.2) is 71.3 Å². The molecule has 3 N–H and O–H groups in total. The molecule has 4 aromatic rings. The average molecular weight is 414 g/mol. The maximum atomic E-state index is 12.5. The van der Waals surface area contributed by atoms with Gasteiger partial charge in [0.15, 0.2) is 5.76 Å². The molecule has 3 aromatic carbocycles. The highest BCUT2D eigenvalue weighted by atomic mass is 16.5. The first-order valence-corrected chi connectivity index (χ1v) is 9.86. The van der Waals surface area contributed by atoms with E-state index in [4.69, 9.17) is 4.52 Å². The van der Waals surface area contributed by atoms with Gasteiger partial charge in [0.25, 0.3) is 11.8 Å². The number of anilines is 1. The van der Waals surface area contributed by atoms with Crippen molar-refractivity contribution in [2.75, 3.05) is 11.9 Å². The van der Waals surface area contributed by atoms with Gasteiger partial charge in [-0.15, -0.1) is 0 Å². The van der Waals surface area contributed by atoms with Gasteiger partial charge in [-0.2, -0.15) is 0 Å². The summed E-state index contributed by atoms with van der Waals surface area (Å²) in [6.45, 7) is 4.02.